The molecule has 1 aliphatic heterocycles. The van der Waals surface area contributed by atoms with Crippen LogP contribution in [-0.4, -0.2) is 54.4 Å². The van der Waals surface area contributed by atoms with Crippen LogP contribution in [0.2, 0.25) is 0 Å². The molecule has 162 valence electrons. The number of nitrogens with zero attached hydrogens (tertiary/aromatic N) is 4. The highest BCUT2D eigenvalue weighted by atomic mass is 32.2. The van der Waals surface area contributed by atoms with E-state index >= 15 is 0 Å². The molecule has 10 heteroatoms. The Morgan fingerprint density at radius 2 is 1.87 bits per heavy atom. The van der Waals surface area contributed by atoms with Gasteiger partial charge in [-0.3, -0.25) is 19.1 Å². The molecule has 1 amide bonds. The Hall–Kier alpha value is -3.14. The monoisotopic (exact) mass is 440 g/mol. The number of aromatic amines is 2. The fourth-order valence-corrected chi connectivity index (χ4v) is 4.48. The van der Waals surface area contributed by atoms with E-state index in [-0.39, 0.29) is 18.1 Å². The quantitative estimate of drug-likeness (QED) is 0.562. The van der Waals surface area contributed by atoms with Gasteiger partial charge in [-0.15, -0.1) is 10.2 Å². The molecule has 0 unspecified atom stereocenters. The van der Waals surface area contributed by atoms with E-state index in [4.69, 9.17) is 0 Å². The molecule has 3 heterocycles. The molecule has 0 bridgehead atoms. The van der Waals surface area contributed by atoms with Gasteiger partial charge in [-0.2, -0.15) is 0 Å². The van der Waals surface area contributed by atoms with Crippen molar-refractivity contribution in [3.63, 3.8) is 0 Å². The number of carbonyl (C=O) groups excluding carboxylic acids is 1. The molecule has 31 heavy (non-hydrogen) atoms. The smallest absolute Gasteiger partial charge is 0.325 e. The topological polar surface area (TPSA) is 117 Å². The van der Waals surface area contributed by atoms with Crippen molar-refractivity contribution in [1.29, 1.82) is 0 Å². The van der Waals surface area contributed by atoms with E-state index in [1.54, 1.807) is 0 Å². The van der Waals surface area contributed by atoms with Crippen LogP contribution in [0.15, 0.2) is 51.1 Å². The Bertz CT molecular complexity index is 1130. The maximum Gasteiger partial charge on any atom is 0.325 e. The Morgan fingerprint density at radius 1 is 1.13 bits per heavy atom. The SMILES string of the molecule is CC1CCN(C(=O)CSc2nnc(Cc3cc(=O)[nH]c(=O)[nH]3)n2-c2ccccc2)CC1. The lowest BCUT2D eigenvalue weighted by molar-refractivity contribution is -0.129. The number of hydrogen-bond acceptors (Lipinski definition) is 6. The van der Waals surface area contributed by atoms with E-state index in [9.17, 15) is 14.4 Å². The maximum absolute atomic E-state index is 12.7. The molecule has 1 fully saturated rings. The van der Waals surface area contributed by atoms with Crippen LogP contribution in [0.1, 0.15) is 31.3 Å². The van der Waals surface area contributed by atoms with Crippen molar-refractivity contribution in [3.05, 3.63) is 68.8 Å². The molecule has 0 saturated carbocycles. The lowest BCUT2D eigenvalue weighted by atomic mass is 9.99. The van der Waals surface area contributed by atoms with Crippen molar-refractivity contribution >= 4 is 17.7 Å². The summed E-state index contributed by atoms with van der Waals surface area (Å²) in [7, 11) is 0. The highest BCUT2D eigenvalue weighted by Gasteiger charge is 2.22. The molecule has 9 nitrogen and oxygen atoms in total. The number of aromatic nitrogens is 5. The fourth-order valence-electron chi connectivity index (χ4n) is 3.61. The first kappa shape index (κ1) is 21.1. The lowest BCUT2D eigenvalue weighted by Crippen LogP contribution is -2.38. The van der Waals surface area contributed by atoms with Crippen LogP contribution in [0.25, 0.3) is 5.69 Å². The molecule has 2 aromatic heterocycles. The third-order valence-corrected chi connectivity index (χ3v) is 6.25. The number of H-pyrrole nitrogens is 2. The molecule has 1 aromatic carbocycles. The van der Waals surface area contributed by atoms with E-state index < -0.39 is 11.2 Å². The summed E-state index contributed by atoms with van der Waals surface area (Å²) in [6, 6.07) is 10.9. The highest BCUT2D eigenvalue weighted by molar-refractivity contribution is 7.99. The Balaban J connectivity index is 1.57. The number of thioether (sulfide) groups is 1. The van der Waals surface area contributed by atoms with E-state index in [1.807, 2.05) is 39.8 Å². The van der Waals surface area contributed by atoms with Crippen molar-refractivity contribution in [2.24, 2.45) is 5.92 Å². The predicted molar refractivity (Wildman–Crippen MR) is 118 cm³/mol. The van der Waals surface area contributed by atoms with Crippen LogP contribution in [0, 0.1) is 5.92 Å². The van der Waals surface area contributed by atoms with Crippen molar-refractivity contribution < 1.29 is 4.79 Å². The molecule has 4 rings (SSSR count). The maximum atomic E-state index is 12.7. The predicted octanol–water partition coefficient (Wildman–Crippen LogP) is 1.59. The summed E-state index contributed by atoms with van der Waals surface area (Å²) in [6.07, 6.45) is 2.30. The van der Waals surface area contributed by atoms with Gasteiger partial charge in [0.05, 0.1) is 5.75 Å². The zero-order valence-corrected chi connectivity index (χ0v) is 18.0. The lowest BCUT2D eigenvalue weighted by Gasteiger charge is -2.30. The molecule has 1 aliphatic rings. The standard InChI is InChI=1S/C21H24N6O3S/c1-14-7-9-26(10-8-14)19(29)13-31-21-25-24-17(27(21)16-5-3-2-4-6-16)11-15-12-18(28)23-20(30)22-15/h2-6,12,14H,7-11,13H2,1H3,(H2,22,23,28,30). The number of rotatable bonds is 6. The first-order valence-corrected chi connectivity index (χ1v) is 11.2. The van der Waals surface area contributed by atoms with Crippen LogP contribution < -0.4 is 11.2 Å². The molecular formula is C21H24N6O3S. The second-order valence-corrected chi connectivity index (χ2v) is 8.65. The summed E-state index contributed by atoms with van der Waals surface area (Å²) in [6.45, 7) is 3.81. The minimum atomic E-state index is -0.565. The summed E-state index contributed by atoms with van der Waals surface area (Å²) in [5, 5.41) is 9.16. The van der Waals surface area contributed by atoms with E-state index in [0.717, 1.165) is 31.6 Å². The molecule has 0 spiro atoms. The summed E-state index contributed by atoms with van der Waals surface area (Å²) in [4.78, 5) is 42.6. The summed E-state index contributed by atoms with van der Waals surface area (Å²) in [5.41, 5.74) is 0.245. The molecule has 0 atom stereocenters. The minimum Gasteiger partial charge on any atom is -0.342 e. The average Bonchev–Trinajstić information content (AvgIpc) is 3.14. The van der Waals surface area contributed by atoms with Crippen molar-refractivity contribution in [3.8, 4) is 5.69 Å². The largest absolute Gasteiger partial charge is 0.342 e. The summed E-state index contributed by atoms with van der Waals surface area (Å²) < 4.78 is 1.86. The van der Waals surface area contributed by atoms with Gasteiger partial charge in [-0.25, -0.2) is 4.79 Å². The van der Waals surface area contributed by atoms with Crippen LogP contribution in [0.3, 0.4) is 0 Å². The zero-order chi connectivity index (χ0) is 21.8. The second kappa shape index (κ2) is 9.34. The van der Waals surface area contributed by atoms with Gasteiger partial charge >= 0.3 is 5.69 Å². The van der Waals surface area contributed by atoms with Crippen LogP contribution in [0.4, 0.5) is 0 Å². The number of carbonyl (C=O) groups is 1. The number of piperidine rings is 1. The van der Waals surface area contributed by atoms with Gasteiger partial charge in [0.15, 0.2) is 5.16 Å². The Kier molecular flexibility index (Phi) is 6.36. The zero-order valence-electron chi connectivity index (χ0n) is 17.2. The van der Waals surface area contributed by atoms with Crippen LogP contribution in [-0.2, 0) is 11.2 Å². The Morgan fingerprint density at radius 3 is 2.58 bits per heavy atom. The minimum absolute atomic E-state index is 0.0972. The van der Waals surface area contributed by atoms with Crippen molar-refractivity contribution in [2.45, 2.75) is 31.3 Å². The highest BCUT2D eigenvalue weighted by Crippen LogP contribution is 2.24. The van der Waals surface area contributed by atoms with E-state index in [1.165, 1.54) is 17.8 Å². The average molecular weight is 441 g/mol. The number of para-hydroxylation sites is 1. The number of benzene rings is 1. The van der Waals surface area contributed by atoms with Gasteiger partial charge in [-0.05, 0) is 30.9 Å². The van der Waals surface area contributed by atoms with Gasteiger partial charge < -0.3 is 9.88 Å². The summed E-state index contributed by atoms with van der Waals surface area (Å²) >= 11 is 1.34. The summed E-state index contributed by atoms with van der Waals surface area (Å²) in [5.74, 6) is 1.60. The number of likely N-dealkylation sites (tertiary alicyclic amines) is 1. The molecule has 0 aliphatic carbocycles. The molecule has 1 saturated heterocycles. The van der Waals surface area contributed by atoms with Gasteiger partial charge in [0.1, 0.15) is 5.82 Å². The third kappa shape index (κ3) is 5.13. The molecule has 0 radical (unpaired) electrons. The van der Waals surface area contributed by atoms with Gasteiger partial charge in [-0.1, -0.05) is 36.9 Å². The van der Waals surface area contributed by atoms with Gasteiger partial charge in [0.2, 0.25) is 5.91 Å². The van der Waals surface area contributed by atoms with Gasteiger partial charge in [0, 0.05) is 37.0 Å². The van der Waals surface area contributed by atoms with Crippen molar-refractivity contribution in [2.75, 3.05) is 18.8 Å². The van der Waals surface area contributed by atoms with Gasteiger partial charge in [0.25, 0.3) is 5.56 Å². The van der Waals surface area contributed by atoms with E-state index in [2.05, 4.69) is 27.1 Å². The van der Waals surface area contributed by atoms with Crippen LogP contribution in [0.5, 0.6) is 0 Å². The molecular weight excluding hydrogens is 416 g/mol. The molecule has 2 N–H and O–H groups in total. The van der Waals surface area contributed by atoms with E-state index in [0.29, 0.717) is 22.6 Å². The first-order chi connectivity index (χ1) is 15.0. The first-order valence-electron chi connectivity index (χ1n) is 10.2. The third-order valence-electron chi connectivity index (χ3n) is 5.34. The van der Waals surface area contributed by atoms with Crippen molar-refractivity contribution in [1.82, 2.24) is 29.6 Å². The number of hydrogen-bond donors (Lipinski definition) is 2. The number of nitrogens with one attached hydrogen (secondary N) is 2. The number of amides is 1. The van der Waals surface area contributed by atoms with Crippen LogP contribution >= 0.6 is 11.8 Å². The normalized spacial score (nSPS) is 14.7. The fraction of sp³-hybridized carbons (Fsp3) is 0.381. The second-order valence-electron chi connectivity index (χ2n) is 7.71. The molecule has 3 aromatic rings. The Labute approximate surface area is 182 Å².